The van der Waals surface area contributed by atoms with Gasteiger partial charge in [0.2, 0.25) is 0 Å². The Labute approximate surface area is 255 Å². The van der Waals surface area contributed by atoms with Crippen LogP contribution in [0.3, 0.4) is 0 Å². The molecule has 9 rings (SSSR count). The Hall–Kier alpha value is -5.54. The molecule has 1 aliphatic heterocycles. The average molecular weight is 564 g/mol. The summed E-state index contributed by atoms with van der Waals surface area (Å²) in [6.45, 7) is 0. The number of para-hydroxylation sites is 1. The maximum absolute atomic E-state index is 5.34. The second kappa shape index (κ2) is 10.0. The number of aromatic nitrogens is 2. The number of aliphatic imine (C=N–C) groups is 1. The standard InChI is InChI=1S/C41H29N3/c1-3-11-27(12-4-1)32-22-19-31-25-29(20-23-36(31)42-40(32)28-13-5-2-6-14-28)30-21-24-39-37(26-30)43-41-35-17-8-7-15-33(35)34-16-9-10-18-38(34)44(39)41/h1-18,20-21,23-26,32H,19,22H2. The lowest BCUT2D eigenvalue weighted by atomic mass is 9.86. The Bertz CT molecular complexity index is 2380. The zero-order valence-electron chi connectivity index (χ0n) is 24.2. The van der Waals surface area contributed by atoms with Crippen molar-refractivity contribution >= 4 is 49.8 Å². The van der Waals surface area contributed by atoms with E-state index >= 15 is 0 Å². The summed E-state index contributed by atoms with van der Waals surface area (Å²) in [5.41, 5.74) is 12.7. The van der Waals surface area contributed by atoms with E-state index in [9.17, 15) is 0 Å². The summed E-state index contributed by atoms with van der Waals surface area (Å²) < 4.78 is 2.32. The van der Waals surface area contributed by atoms with E-state index in [1.54, 1.807) is 0 Å². The third kappa shape index (κ3) is 3.97. The summed E-state index contributed by atoms with van der Waals surface area (Å²) in [4.78, 5) is 10.5. The zero-order valence-corrected chi connectivity index (χ0v) is 24.2. The topological polar surface area (TPSA) is 29.7 Å². The van der Waals surface area contributed by atoms with Gasteiger partial charge in [-0.05, 0) is 76.4 Å². The average Bonchev–Trinajstić information content (AvgIpc) is 3.37. The highest BCUT2D eigenvalue weighted by Crippen LogP contribution is 2.38. The van der Waals surface area contributed by atoms with Crippen molar-refractivity contribution in [2.24, 2.45) is 4.99 Å². The summed E-state index contributed by atoms with van der Waals surface area (Å²) in [5, 5.41) is 3.66. The molecular weight excluding hydrogens is 534 g/mol. The maximum atomic E-state index is 5.34. The Balaban J connectivity index is 1.17. The van der Waals surface area contributed by atoms with E-state index < -0.39 is 0 Å². The second-order valence-electron chi connectivity index (χ2n) is 11.7. The number of hydrogen-bond donors (Lipinski definition) is 0. The van der Waals surface area contributed by atoms with Crippen LogP contribution in [0.1, 0.15) is 29.0 Å². The van der Waals surface area contributed by atoms with Crippen LogP contribution in [0.15, 0.2) is 151 Å². The first-order valence-electron chi connectivity index (χ1n) is 15.4. The minimum absolute atomic E-state index is 0.244. The van der Waals surface area contributed by atoms with Crippen molar-refractivity contribution in [3.8, 4) is 11.1 Å². The van der Waals surface area contributed by atoms with Crippen LogP contribution in [0.25, 0.3) is 49.5 Å². The van der Waals surface area contributed by atoms with Gasteiger partial charge in [-0.15, -0.1) is 0 Å². The van der Waals surface area contributed by atoms with Gasteiger partial charge in [-0.25, -0.2) is 4.98 Å². The number of nitrogens with zero attached hydrogens (tertiary/aromatic N) is 3. The highest BCUT2D eigenvalue weighted by molar-refractivity contribution is 6.14. The number of pyridine rings is 1. The predicted molar refractivity (Wildman–Crippen MR) is 183 cm³/mol. The summed E-state index contributed by atoms with van der Waals surface area (Å²) in [6, 6.07) is 52.2. The van der Waals surface area contributed by atoms with Crippen LogP contribution in [0.5, 0.6) is 0 Å². The predicted octanol–water partition coefficient (Wildman–Crippen LogP) is 10.3. The summed E-state index contributed by atoms with van der Waals surface area (Å²) in [6.07, 6.45) is 1.98. The summed E-state index contributed by atoms with van der Waals surface area (Å²) in [5.74, 6) is 0.244. The lowest BCUT2D eigenvalue weighted by molar-refractivity contribution is 0.776. The van der Waals surface area contributed by atoms with Crippen molar-refractivity contribution in [3.05, 3.63) is 162 Å². The molecule has 0 N–H and O–H groups in total. The molecular formula is C41H29N3. The molecule has 1 aliphatic rings. The van der Waals surface area contributed by atoms with Crippen molar-refractivity contribution in [2.45, 2.75) is 18.8 Å². The van der Waals surface area contributed by atoms with E-state index in [0.717, 1.165) is 40.9 Å². The van der Waals surface area contributed by atoms with Crippen LogP contribution in [-0.4, -0.2) is 15.1 Å². The monoisotopic (exact) mass is 563 g/mol. The number of rotatable bonds is 3. The van der Waals surface area contributed by atoms with E-state index in [0.29, 0.717) is 0 Å². The van der Waals surface area contributed by atoms with Gasteiger partial charge in [0.15, 0.2) is 0 Å². The molecule has 0 radical (unpaired) electrons. The number of imidazole rings is 1. The van der Waals surface area contributed by atoms with Crippen LogP contribution in [0.2, 0.25) is 0 Å². The molecule has 0 amide bonds. The van der Waals surface area contributed by atoms with Gasteiger partial charge in [-0.3, -0.25) is 9.39 Å². The fourth-order valence-corrected chi connectivity index (χ4v) is 7.10. The van der Waals surface area contributed by atoms with E-state index in [4.69, 9.17) is 9.98 Å². The van der Waals surface area contributed by atoms with E-state index in [1.165, 1.54) is 49.5 Å². The van der Waals surface area contributed by atoms with Gasteiger partial charge in [0, 0.05) is 16.7 Å². The summed E-state index contributed by atoms with van der Waals surface area (Å²) >= 11 is 0. The fourth-order valence-electron chi connectivity index (χ4n) is 7.10. The lowest BCUT2D eigenvalue weighted by Gasteiger charge is -2.18. The van der Waals surface area contributed by atoms with Crippen molar-refractivity contribution in [2.75, 3.05) is 0 Å². The van der Waals surface area contributed by atoms with Gasteiger partial charge < -0.3 is 0 Å². The molecule has 44 heavy (non-hydrogen) atoms. The van der Waals surface area contributed by atoms with Crippen LogP contribution >= 0.6 is 0 Å². The highest BCUT2D eigenvalue weighted by Gasteiger charge is 2.24. The molecule has 1 unspecified atom stereocenters. The molecule has 3 nitrogen and oxygen atoms in total. The molecule has 0 saturated carbocycles. The second-order valence-corrected chi connectivity index (χ2v) is 11.7. The minimum atomic E-state index is 0.244. The van der Waals surface area contributed by atoms with Gasteiger partial charge in [0.05, 0.1) is 27.9 Å². The van der Waals surface area contributed by atoms with Crippen molar-refractivity contribution in [3.63, 3.8) is 0 Å². The Morgan fingerprint density at radius 3 is 2.07 bits per heavy atom. The number of benzene rings is 6. The first-order valence-corrected chi connectivity index (χ1v) is 15.4. The Kier molecular flexibility index (Phi) is 5.70. The smallest absolute Gasteiger partial charge is 0.146 e. The third-order valence-corrected chi connectivity index (χ3v) is 9.22. The molecule has 6 aromatic carbocycles. The fraction of sp³-hybridized carbons (Fsp3) is 0.0732. The van der Waals surface area contributed by atoms with Gasteiger partial charge in [-0.2, -0.15) is 0 Å². The molecule has 0 fully saturated rings. The summed E-state index contributed by atoms with van der Waals surface area (Å²) in [7, 11) is 0. The van der Waals surface area contributed by atoms with Crippen LogP contribution in [-0.2, 0) is 6.42 Å². The van der Waals surface area contributed by atoms with Crippen molar-refractivity contribution in [1.29, 1.82) is 0 Å². The Morgan fingerprint density at radius 2 is 1.23 bits per heavy atom. The largest absolute Gasteiger partial charge is 0.292 e. The first kappa shape index (κ1) is 25.0. The van der Waals surface area contributed by atoms with E-state index in [1.807, 2.05) is 0 Å². The minimum Gasteiger partial charge on any atom is -0.292 e. The third-order valence-electron chi connectivity index (χ3n) is 9.22. The van der Waals surface area contributed by atoms with E-state index in [2.05, 4.69) is 150 Å². The molecule has 3 heterocycles. The highest BCUT2D eigenvalue weighted by atomic mass is 15.0. The van der Waals surface area contributed by atoms with Crippen LogP contribution in [0, 0.1) is 0 Å². The molecule has 0 bridgehead atoms. The van der Waals surface area contributed by atoms with Crippen molar-refractivity contribution in [1.82, 2.24) is 9.38 Å². The zero-order chi connectivity index (χ0) is 29.0. The number of fused-ring (bicyclic) bond motifs is 9. The number of aryl methyl sites for hydroxylation is 1. The number of hydrogen-bond acceptors (Lipinski definition) is 2. The van der Waals surface area contributed by atoms with E-state index in [-0.39, 0.29) is 5.92 Å². The molecule has 0 spiro atoms. The van der Waals surface area contributed by atoms with Crippen LogP contribution < -0.4 is 0 Å². The van der Waals surface area contributed by atoms with Gasteiger partial charge in [0.25, 0.3) is 0 Å². The molecule has 3 heteroatoms. The van der Waals surface area contributed by atoms with Gasteiger partial charge in [-0.1, -0.05) is 115 Å². The maximum Gasteiger partial charge on any atom is 0.146 e. The van der Waals surface area contributed by atoms with Crippen LogP contribution in [0.4, 0.5) is 5.69 Å². The molecule has 208 valence electrons. The molecule has 0 saturated heterocycles. The van der Waals surface area contributed by atoms with Crippen molar-refractivity contribution < 1.29 is 0 Å². The Morgan fingerprint density at radius 1 is 0.545 bits per heavy atom. The van der Waals surface area contributed by atoms with Gasteiger partial charge in [0.1, 0.15) is 5.65 Å². The first-order chi connectivity index (χ1) is 21.8. The molecule has 2 aromatic heterocycles. The van der Waals surface area contributed by atoms with Gasteiger partial charge >= 0.3 is 0 Å². The molecule has 0 aliphatic carbocycles. The SMILES string of the molecule is c1ccc(C2=Nc3ccc(-c4ccc5c(c4)nc4c6ccccc6c6ccccc6n54)cc3CCC2c2ccccc2)cc1. The normalized spacial score (nSPS) is 15.0. The molecule has 1 atom stereocenters. The lowest BCUT2D eigenvalue weighted by Crippen LogP contribution is -2.13. The quantitative estimate of drug-likeness (QED) is 0.197. The molecule has 8 aromatic rings.